The maximum Gasteiger partial charge on any atom is 0.308 e. The molecule has 0 aliphatic heterocycles. The summed E-state index contributed by atoms with van der Waals surface area (Å²) in [6, 6.07) is -0.105. The van der Waals surface area contributed by atoms with Gasteiger partial charge in [0.25, 0.3) is 0 Å². The van der Waals surface area contributed by atoms with Gasteiger partial charge in [-0.05, 0) is 12.8 Å². The molecule has 4 heteroatoms. The van der Waals surface area contributed by atoms with Crippen LogP contribution in [0, 0.1) is 5.92 Å². The Balaban J connectivity index is 0.000001000. The van der Waals surface area contributed by atoms with Crippen molar-refractivity contribution in [2.75, 3.05) is 0 Å². The second-order valence-electron chi connectivity index (χ2n) is 2.89. The van der Waals surface area contributed by atoms with Crippen molar-refractivity contribution in [2.24, 2.45) is 11.7 Å². The number of hydrogen-bond acceptors (Lipinski definition) is 2. The Kier molecular flexibility index (Phi) is 4.70. The molecule has 1 aliphatic rings. The SMILES string of the molecule is NC1CCCCC1C(=O)O.[Ni]. The summed E-state index contributed by atoms with van der Waals surface area (Å²) in [5, 5.41) is 8.63. The first-order valence-corrected chi connectivity index (χ1v) is 3.70. The van der Waals surface area contributed by atoms with Gasteiger partial charge in [-0.15, -0.1) is 0 Å². The fourth-order valence-corrected chi connectivity index (χ4v) is 1.47. The standard InChI is InChI=1S/C7H13NO2.Ni/c8-6-4-2-1-3-5(6)7(9)10;/h5-6H,1-4,8H2,(H,9,10);. The first-order chi connectivity index (χ1) is 4.72. The van der Waals surface area contributed by atoms with Gasteiger partial charge < -0.3 is 10.8 Å². The Morgan fingerprint density at radius 1 is 1.36 bits per heavy atom. The molecule has 0 heterocycles. The molecule has 1 saturated carbocycles. The van der Waals surface area contributed by atoms with Crippen LogP contribution in [0.3, 0.4) is 0 Å². The van der Waals surface area contributed by atoms with E-state index in [0.29, 0.717) is 0 Å². The zero-order valence-corrected chi connectivity index (χ0v) is 7.22. The molecule has 1 rings (SSSR count). The largest absolute Gasteiger partial charge is 0.481 e. The van der Waals surface area contributed by atoms with E-state index < -0.39 is 5.97 Å². The van der Waals surface area contributed by atoms with E-state index in [-0.39, 0.29) is 28.5 Å². The van der Waals surface area contributed by atoms with Gasteiger partial charge in [0.1, 0.15) is 0 Å². The van der Waals surface area contributed by atoms with Crippen LogP contribution >= 0.6 is 0 Å². The number of nitrogens with two attached hydrogens (primary N) is 1. The number of carboxylic acid groups (broad SMARTS) is 1. The van der Waals surface area contributed by atoms with Crippen LogP contribution in [0.2, 0.25) is 0 Å². The third kappa shape index (κ3) is 2.80. The number of carboxylic acids is 1. The van der Waals surface area contributed by atoms with Gasteiger partial charge in [-0.1, -0.05) is 12.8 Å². The van der Waals surface area contributed by atoms with Crippen LogP contribution in [0.1, 0.15) is 25.7 Å². The molecule has 3 N–H and O–H groups in total. The molecule has 0 bridgehead atoms. The summed E-state index contributed by atoms with van der Waals surface area (Å²) in [7, 11) is 0. The van der Waals surface area contributed by atoms with Crippen molar-refractivity contribution < 1.29 is 26.4 Å². The van der Waals surface area contributed by atoms with Crippen LogP contribution in [0.5, 0.6) is 0 Å². The van der Waals surface area contributed by atoms with Crippen molar-refractivity contribution in [3.63, 3.8) is 0 Å². The number of rotatable bonds is 1. The fourth-order valence-electron chi connectivity index (χ4n) is 1.47. The molecule has 0 radical (unpaired) electrons. The summed E-state index contributed by atoms with van der Waals surface area (Å²) >= 11 is 0. The summed E-state index contributed by atoms with van der Waals surface area (Å²) in [5.74, 6) is -1.01. The second-order valence-corrected chi connectivity index (χ2v) is 2.89. The minimum atomic E-state index is -0.729. The van der Waals surface area contributed by atoms with Crippen molar-refractivity contribution in [1.82, 2.24) is 0 Å². The molecular formula is C7H13NNiO2. The third-order valence-corrected chi connectivity index (χ3v) is 2.14. The van der Waals surface area contributed by atoms with E-state index in [9.17, 15) is 4.79 Å². The van der Waals surface area contributed by atoms with Crippen molar-refractivity contribution >= 4 is 5.97 Å². The molecule has 11 heavy (non-hydrogen) atoms. The van der Waals surface area contributed by atoms with Gasteiger partial charge in [-0.3, -0.25) is 4.79 Å². The summed E-state index contributed by atoms with van der Waals surface area (Å²) < 4.78 is 0. The summed E-state index contributed by atoms with van der Waals surface area (Å²) in [4.78, 5) is 10.5. The van der Waals surface area contributed by atoms with Crippen LogP contribution in [0.15, 0.2) is 0 Å². The third-order valence-electron chi connectivity index (χ3n) is 2.14. The zero-order valence-electron chi connectivity index (χ0n) is 6.23. The average molecular weight is 202 g/mol. The van der Waals surface area contributed by atoms with E-state index in [2.05, 4.69) is 0 Å². The van der Waals surface area contributed by atoms with Crippen LogP contribution in [-0.2, 0) is 21.3 Å². The van der Waals surface area contributed by atoms with Gasteiger partial charge in [-0.2, -0.15) is 0 Å². The molecule has 0 aromatic heterocycles. The Labute approximate surface area is 76.3 Å². The Bertz CT molecular complexity index is 140. The summed E-state index contributed by atoms with van der Waals surface area (Å²) in [6.07, 6.45) is 3.74. The topological polar surface area (TPSA) is 63.3 Å². The van der Waals surface area contributed by atoms with E-state index >= 15 is 0 Å². The zero-order chi connectivity index (χ0) is 7.56. The number of aliphatic carboxylic acids is 1. The molecule has 68 valence electrons. The van der Waals surface area contributed by atoms with Crippen LogP contribution in [0.4, 0.5) is 0 Å². The minimum absolute atomic E-state index is 0. The molecule has 3 nitrogen and oxygen atoms in total. The predicted octanol–water partition coefficient (Wildman–Crippen LogP) is 0.586. The fraction of sp³-hybridized carbons (Fsp3) is 0.857. The maximum atomic E-state index is 10.5. The van der Waals surface area contributed by atoms with Crippen molar-refractivity contribution in [1.29, 1.82) is 0 Å². The van der Waals surface area contributed by atoms with Crippen molar-refractivity contribution in [3.05, 3.63) is 0 Å². The molecule has 2 atom stereocenters. The van der Waals surface area contributed by atoms with E-state index in [1.54, 1.807) is 0 Å². The molecular weight excluding hydrogens is 189 g/mol. The predicted molar refractivity (Wildman–Crippen MR) is 37.6 cm³/mol. The van der Waals surface area contributed by atoms with Crippen molar-refractivity contribution in [2.45, 2.75) is 31.7 Å². The van der Waals surface area contributed by atoms with Gasteiger partial charge >= 0.3 is 5.97 Å². The Morgan fingerprint density at radius 2 is 1.91 bits per heavy atom. The minimum Gasteiger partial charge on any atom is -0.481 e. The van der Waals surface area contributed by atoms with Crippen LogP contribution < -0.4 is 5.73 Å². The normalized spacial score (nSPS) is 30.6. The smallest absolute Gasteiger partial charge is 0.308 e. The molecule has 0 amide bonds. The number of carbonyl (C=O) groups is 1. The van der Waals surface area contributed by atoms with Crippen LogP contribution in [-0.4, -0.2) is 17.1 Å². The van der Waals surface area contributed by atoms with Gasteiger partial charge in [0.2, 0.25) is 0 Å². The van der Waals surface area contributed by atoms with E-state index in [4.69, 9.17) is 10.8 Å². The van der Waals surface area contributed by atoms with Crippen LogP contribution in [0.25, 0.3) is 0 Å². The molecule has 2 unspecified atom stereocenters. The summed E-state index contributed by atoms with van der Waals surface area (Å²) in [5.41, 5.74) is 5.60. The molecule has 0 aromatic rings. The quantitative estimate of drug-likeness (QED) is 0.611. The van der Waals surface area contributed by atoms with Crippen molar-refractivity contribution in [3.8, 4) is 0 Å². The molecule has 0 spiro atoms. The Morgan fingerprint density at radius 3 is 2.27 bits per heavy atom. The van der Waals surface area contributed by atoms with Gasteiger partial charge in [-0.25, -0.2) is 0 Å². The van der Waals surface area contributed by atoms with E-state index in [1.165, 1.54) is 0 Å². The van der Waals surface area contributed by atoms with E-state index in [1.807, 2.05) is 0 Å². The van der Waals surface area contributed by atoms with Gasteiger partial charge in [0.15, 0.2) is 0 Å². The first kappa shape index (κ1) is 10.9. The molecule has 1 aliphatic carbocycles. The molecule has 0 aromatic carbocycles. The first-order valence-electron chi connectivity index (χ1n) is 3.70. The monoisotopic (exact) mass is 201 g/mol. The Hall–Kier alpha value is -0.0765. The average Bonchev–Trinajstić information content (AvgIpc) is 1.88. The summed E-state index contributed by atoms with van der Waals surface area (Å²) in [6.45, 7) is 0. The number of hydrogen-bond donors (Lipinski definition) is 2. The van der Waals surface area contributed by atoms with E-state index in [0.717, 1.165) is 25.7 Å². The van der Waals surface area contributed by atoms with Gasteiger partial charge in [0, 0.05) is 22.5 Å². The van der Waals surface area contributed by atoms with Gasteiger partial charge in [0.05, 0.1) is 5.92 Å². The second kappa shape index (κ2) is 4.73. The molecule has 1 fully saturated rings. The maximum absolute atomic E-state index is 10.5. The molecule has 0 saturated heterocycles.